The molecule has 19 heavy (non-hydrogen) atoms. The molecule has 0 amide bonds. The fourth-order valence-electron chi connectivity index (χ4n) is 2.76. The number of nitrogens with one attached hydrogen (secondary N) is 1. The quantitative estimate of drug-likeness (QED) is 0.573. The van der Waals surface area contributed by atoms with Gasteiger partial charge in [0.25, 0.3) is 0 Å². The van der Waals surface area contributed by atoms with Crippen molar-refractivity contribution in [2.75, 3.05) is 45.9 Å². The van der Waals surface area contributed by atoms with Gasteiger partial charge in [0.1, 0.15) is 0 Å². The number of carbonyl (C=O) groups is 1. The predicted octanol–water partition coefficient (Wildman–Crippen LogP) is 0.215. The first-order valence-corrected chi connectivity index (χ1v) is 7.20. The zero-order chi connectivity index (χ0) is 13.7. The highest BCUT2D eigenvalue weighted by Crippen LogP contribution is 2.17. The maximum absolute atomic E-state index is 14.3. The van der Waals surface area contributed by atoms with Crippen molar-refractivity contribution < 1.29 is 13.9 Å². The number of esters is 1. The number of ether oxygens (including phenoxy) is 1. The van der Waals surface area contributed by atoms with Gasteiger partial charge in [-0.25, -0.2) is 4.39 Å². The molecule has 5 nitrogen and oxygen atoms in total. The maximum atomic E-state index is 14.3. The molecule has 2 fully saturated rings. The second-order valence-corrected chi connectivity index (χ2v) is 5.19. The first kappa shape index (κ1) is 14.7. The third-order valence-corrected chi connectivity index (χ3v) is 3.84. The van der Waals surface area contributed by atoms with Crippen LogP contribution >= 0.6 is 0 Å². The Morgan fingerprint density at radius 2 is 2.16 bits per heavy atom. The number of carbonyl (C=O) groups excluding carboxylic acids is 1. The highest BCUT2D eigenvalue weighted by molar-refractivity contribution is 5.71. The molecule has 6 heteroatoms. The minimum Gasteiger partial charge on any atom is -0.465 e. The van der Waals surface area contributed by atoms with Crippen molar-refractivity contribution in [3.63, 3.8) is 0 Å². The van der Waals surface area contributed by atoms with Crippen molar-refractivity contribution in [2.24, 2.45) is 0 Å². The minimum atomic E-state index is -0.896. The molecule has 2 atom stereocenters. The highest BCUT2D eigenvalue weighted by atomic mass is 19.1. The number of nitrogens with zero attached hydrogens (tertiary/aromatic N) is 2. The molecule has 2 aliphatic heterocycles. The van der Waals surface area contributed by atoms with Crippen LogP contribution in [0.3, 0.4) is 0 Å². The van der Waals surface area contributed by atoms with Gasteiger partial charge in [0.2, 0.25) is 0 Å². The Bertz CT molecular complexity index is 290. The molecule has 0 aliphatic carbocycles. The third-order valence-electron chi connectivity index (χ3n) is 3.84. The van der Waals surface area contributed by atoms with Crippen molar-refractivity contribution in [1.29, 1.82) is 0 Å². The molecule has 0 bridgehead atoms. The topological polar surface area (TPSA) is 44.8 Å². The van der Waals surface area contributed by atoms with Gasteiger partial charge in [-0.15, -0.1) is 0 Å². The van der Waals surface area contributed by atoms with E-state index in [2.05, 4.69) is 5.32 Å². The van der Waals surface area contributed by atoms with Crippen LogP contribution in [0, 0.1) is 0 Å². The molecule has 0 aromatic rings. The number of alkyl halides is 1. The summed E-state index contributed by atoms with van der Waals surface area (Å²) in [4.78, 5) is 15.3. The molecule has 0 radical (unpaired) electrons. The monoisotopic (exact) mass is 273 g/mol. The Morgan fingerprint density at radius 1 is 1.42 bits per heavy atom. The molecule has 0 aromatic carbocycles. The van der Waals surface area contributed by atoms with Crippen molar-refractivity contribution in [3.05, 3.63) is 0 Å². The van der Waals surface area contributed by atoms with Gasteiger partial charge in [-0.3, -0.25) is 14.6 Å². The Labute approximate surface area is 114 Å². The number of hydrogen-bond acceptors (Lipinski definition) is 5. The average molecular weight is 273 g/mol. The average Bonchev–Trinajstić information content (AvgIpc) is 2.93. The van der Waals surface area contributed by atoms with Crippen LogP contribution in [0.2, 0.25) is 0 Å². The standard InChI is InChI=1S/C13H24FN3O2/c1-2-19-12(18)10-16-6-8-17(9-7-16)13(14)11-4-3-5-15-11/h11,13,15H,2-10H2,1H3. The molecule has 1 N–H and O–H groups in total. The Hall–Kier alpha value is -0.720. The lowest BCUT2D eigenvalue weighted by Gasteiger charge is -2.37. The summed E-state index contributed by atoms with van der Waals surface area (Å²) in [5.74, 6) is -0.190. The van der Waals surface area contributed by atoms with E-state index in [0.29, 0.717) is 26.2 Å². The van der Waals surface area contributed by atoms with Crippen LogP contribution in [0.5, 0.6) is 0 Å². The van der Waals surface area contributed by atoms with E-state index in [0.717, 1.165) is 32.5 Å². The zero-order valence-electron chi connectivity index (χ0n) is 11.6. The lowest BCUT2D eigenvalue weighted by atomic mass is 10.2. The van der Waals surface area contributed by atoms with Gasteiger partial charge in [-0.1, -0.05) is 0 Å². The summed E-state index contributed by atoms with van der Waals surface area (Å²) in [6.45, 7) is 6.28. The van der Waals surface area contributed by atoms with E-state index in [4.69, 9.17) is 4.74 Å². The molecular formula is C13H24FN3O2. The Kier molecular flexibility index (Phi) is 5.54. The molecule has 2 rings (SSSR count). The normalized spacial score (nSPS) is 27.4. The van der Waals surface area contributed by atoms with Crippen molar-refractivity contribution >= 4 is 5.97 Å². The number of rotatable bonds is 5. The van der Waals surface area contributed by atoms with E-state index < -0.39 is 6.30 Å². The first-order chi connectivity index (χ1) is 9.20. The number of piperazine rings is 1. The minimum absolute atomic E-state index is 0.0170. The first-order valence-electron chi connectivity index (χ1n) is 7.20. The molecule has 0 saturated carbocycles. The number of hydrogen-bond donors (Lipinski definition) is 1. The van der Waals surface area contributed by atoms with E-state index in [1.165, 1.54) is 0 Å². The lowest BCUT2D eigenvalue weighted by molar-refractivity contribution is -0.145. The molecule has 2 saturated heterocycles. The Balaban J connectivity index is 1.71. The van der Waals surface area contributed by atoms with Crippen molar-refractivity contribution in [1.82, 2.24) is 15.1 Å². The highest BCUT2D eigenvalue weighted by Gasteiger charge is 2.31. The zero-order valence-corrected chi connectivity index (χ0v) is 11.6. The van der Waals surface area contributed by atoms with Gasteiger partial charge in [-0.05, 0) is 26.3 Å². The summed E-state index contributed by atoms with van der Waals surface area (Å²) in [6.07, 6.45) is 1.09. The molecule has 0 spiro atoms. The SMILES string of the molecule is CCOC(=O)CN1CCN(C(F)C2CCCN2)CC1. The summed E-state index contributed by atoms with van der Waals surface area (Å²) in [6, 6.07) is -0.0170. The third kappa shape index (κ3) is 4.12. The molecule has 2 heterocycles. The van der Waals surface area contributed by atoms with Gasteiger partial charge >= 0.3 is 5.97 Å². The largest absolute Gasteiger partial charge is 0.465 e. The van der Waals surface area contributed by atoms with Gasteiger partial charge in [-0.2, -0.15) is 0 Å². The summed E-state index contributed by atoms with van der Waals surface area (Å²) in [7, 11) is 0. The van der Waals surface area contributed by atoms with Crippen LogP contribution in [-0.2, 0) is 9.53 Å². The molecular weight excluding hydrogens is 249 g/mol. The van der Waals surface area contributed by atoms with Crippen LogP contribution in [0.4, 0.5) is 4.39 Å². The summed E-state index contributed by atoms with van der Waals surface area (Å²) < 4.78 is 19.2. The summed E-state index contributed by atoms with van der Waals surface area (Å²) in [5, 5.41) is 3.21. The number of halogens is 1. The summed E-state index contributed by atoms with van der Waals surface area (Å²) >= 11 is 0. The Morgan fingerprint density at radius 3 is 2.74 bits per heavy atom. The van der Waals surface area contributed by atoms with E-state index in [1.54, 1.807) is 6.92 Å². The van der Waals surface area contributed by atoms with E-state index in [9.17, 15) is 9.18 Å². The fraction of sp³-hybridized carbons (Fsp3) is 0.923. The van der Waals surface area contributed by atoms with Gasteiger partial charge in [0.15, 0.2) is 6.30 Å². The summed E-state index contributed by atoms with van der Waals surface area (Å²) in [5.41, 5.74) is 0. The van der Waals surface area contributed by atoms with Crippen LogP contribution in [-0.4, -0.2) is 74.0 Å². The lowest BCUT2D eigenvalue weighted by Crippen LogP contribution is -2.54. The van der Waals surface area contributed by atoms with Crippen LogP contribution < -0.4 is 5.32 Å². The van der Waals surface area contributed by atoms with Gasteiger partial charge in [0, 0.05) is 26.2 Å². The van der Waals surface area contributed by atoms with Crippen LogP contribution in [0.15, 0.2) is 0 Å². The van der Waals surface area contributed by atoms with Crippen molar-refractivity contribution in [2.45, 2.75) is 32.1 Å². The molecule has 110 valence electrons. The molecule has 2 aliphatic rings. The van der Waals surface area contributed by atoms with Gasteiger partial charge < -0.3 is 10.1 Å². The van der Waals surface area contributed by atoms with E-state index in [-0.39, 0.29) is 12.0 Å². The van der Waals surface area contributed by atoms with Crippen LogP contribution in [0.25, 0.3) is 0 Å². The van der Waals surface area contributed by atoms with Crippen molar-refractivity contribution in [3.8, 4) is 0 Å². The second kappa shape index (κ2) is 7.17. The fourth-order valence-corrected chi connectivity index (χ4v) is 2.76. The molecule has 0 aromatic heterocycles. The van der Waals surface area contributed by atoms with E-state index >= 15 is 0 Å². The maximum Gasteiger partial charge on any atom is 0.320 e. The van der Waals surface area contributed by atoms with E-state index in [1.807, 2.05) is 9.80 Å². The van der Waals surface area contributed by atoms with Crippen LogP contribution in [0.1, 0.15) is 19.8 Å². The van der Waals surface area contributed by atoms with Gasteiger partial charge in [0.05, 0.1) is 19.2 Å². The second-order valence-electron chi connectivity index (χ2n) is 5.19. The molecule has 2 unspecified atom stereocenters. The predicted molar refractivity (Wildman–Crippen MR) is 70.6 cm³/mol. The smallest absolute Gasteiger partial charge is 0.320 e.